The number of hydrogen-bond donors (Lipinski definition) is 1. The number of hydrogen-bond acceptors (Lipinski definition) is 5. The van der Waals surface area contributed by atoms with E-state index in [0.717, 1.165) is 12.8 Å². The third kappa shape index (κ3) is 2.69. The van der Waals surface area contributed by atoms with E-state index in [0.29, 0.717) is 35.6 Å². The molecule has 4 rings (SSSR count). The topological polar surface area (TPSA) is 96.8 Å². The SMILES string of the molecule is O=S(=O)(c1c[nH]c2ncccc12)N1CCC[C@H](Cn2cncn2)C1. The fourth-order valence-electron chi connectivity index (χ4n) is 3.27. The van der Waals surface area contributed by atoms with Crippen molar-refractivity contribution < 1.29 is 8.42 Å². The van der Waals surface area contributed by atoms with Crippen LogP contribution >= 0.6 is 0 Å². The van der Waals surface area contributed by atoms with Crippen LogP contribution in [-0.4, -0.2) is 50.5 Å². The number of aromatic amines is 1. The van der Waals surface area contributed by atoms with Crippen molar-refractivity contribution in [1.82, 2.24) is 29.0 Å². The first-order valence-electron chi connectivity index (χ1n) is 7.89. The number of fused-ring (bicyclic) bond motifs is 1. The highest BCUT2D eigenvalue weighted by Crippen LogP contribution is 2.28. The Hall–Kier alpha value is -2.26. The quantitative estimate of drug-likeness (QED) is 0.767. The van der Waals surface area contributed by atoms with Crippen LogP contribution in [0, 0.1) is 5.92 Å². The summed E-state index contributed by atoms with van der Waals surface area (Å²) in [5.41, 5.74) is 0.590. The van der Waals surface area contributed by atoms with Gasteiger partial charge >= 0.3 is 0 Å². The molecule has 0 unspecified atom stereocenters. The van der Waals surface area contributed by atoms with Crippen molar-refractivity contribution in [2.45, 2.75) is 24.3 Å². The Morgan fingerprint density at radius 3 is 3.12 bits per heavy atom. The summed E-state index contributed by atoms with van der Waals surface area (Å²) in [6.45, 7) is 1.72. The molecule has 9 heteroatoms. The molecule has 0 radical (unpaired) electrons. The maximum absolute atomic E-state index is 13.1. The highest BCUT2D eigenvalue weighted by atomic mass is 32.2. The van der Waals surface area contributed by atoms with Crippen LogP contribution in [0.2, 0.25) is 0 Å². The molecule has 126 valence electrons. The minimum atomic E-state index is -3.54. The summed E-state index contributed by atoms with van der Waals surface area (Å²) in [7, 11) is -3.54. The molecule has 0 bridgehead atoms. The molecule has 24 heavy (non-hydrogen) atoms. The van der Waals surface area contributed by atoms with Crippen LogP contribution in [0.3, 0.4) is 0 Å². The van der Waals surface area contributed by atoms with Gasteiger partial charge in [-0.1, -0.05) is 0 Å². The number of aromatic nitrogens is 5. The second-order valence-corrected chi connectivity index (χ2v) is 7.95. The molecule has 3 aromatic heterocycles. The Kier molecular flexibility index (Phi) is 3.81. The molecular weight excluding hydrogens is 328 g/mol. The minimum absolute atomic E-state index is 0.235. The lowest BCUT2D eigenvalue weighted by Gasteiger charge is -2.31. The highest BCUT2D eigenvalue weighted by molar-refractivity contribution is 7.89. The number of H-pyrrole nitrogens is 1. The predicted octanol–water partition coefficient (Wildman–Crippen LogP) is 1.26. The predicted molar refractivity (Wildman–Crippen MR) is 87.6 cm³/mol. The summed E-state index contributed by atoms with van der Waals surface area (Å²) in [6.07, 6.45) is 8.17. The van der Waals surface area contributed by atoms with Crippen LogP contribution in [0.5, 0.6) is 0 Å². The first-order valence-corrected chi connectivity index (χ1v) is 9.33. The fraction of sp³-hybridized carbons (Fsp3) is 0.400. The molecule has 0 aromatic carbocycles. The first-order chi connectivity index (χ1) is 11.6. The average molecular weight is 346 g/mol. The third-order valence-corrected chi connectivity index (χ3v) is 6.33. The molecule has 3 aromatic rings. The van der Waals surface area contributed by atoms with Crippen molar-refractivity contribution in [1.29, 1.82) is 0 Å². The van der Waals surface area contributed by atoms with Gasteiger partial charge in [0.25, 0.3) is 0 Å². The molecule has 1 N–H and O–H groups in total. The van der Waals surface area contributed by atoms with E-state index >= 15 is 0 Å². The molecule has 0 aliphatic carbocycles. The van der Waals surface area contributed by atoms with E-state index in [9.17, 15) is 8.42 Å². The number of pyridine rings is 1. The minimum Gasteiger partial charge on any atom is -0.345 e. The lowest BCUT2D eigenvalue weighted by molar-refractivity contribution is 0.239. The number of sulfonamides is 1. The Balaban J connectivity index is 1.59. The van der Waals surface area contributed by atoms with Crippen molar-refractivity contribution in [3.63, 3.8) is 0 Å². The third-order valence-electron chi connectivity index (χ3n) is 4.42. The molecule has 8 nitrogen and oxygen atoms in total. The van der Waals surface area contributed by atoms with Gasteiger partial charge in [-0.25, -0.2) is 18.4 Å². The summed E-state index contributed by atoms with van der Waals surface area (Å²) < 4.78 is 29.4. The summed E-state index contributed by atoms with van der Waals surface area (Å²) >= 11 is 0. The molecule has 4 heterocycles. The maximum atomic E-state index is 13.1. The zero-order valence-electron chi connectivity index (χ0n) is 13.0. The lowest BCUT2D eigenvalue weighted by atomic mass is 10.00. The van der Waals surface area contributed by atoms with Crippen molar-refractivity contribution in [3.8, 4) is 0 Å². The molecule has 1 aliphatic rings. The second-order valence-electron chi connectivity index (χ2n) is 6.04. The summed E-state index contributed by atoms with van der Waals surface area (Å²) in [4.78, 5) is 11.3. The van der Waals surface area contributed by atoms with E-state index < -0.39 is 10.0 Å². The highest BCUT2D eigenvalue weighted by Gasteiger charge is 2.32. The number of nitrogens with zero attached hydrogens (tertiary/aromatic N) is 5. The molecule has 0 saturated carbocycles. The van der Waals surface area contributed by atoms with E-state index in [4.69, 9.17) is 0 Å². The summed E-state index contributed by atoms with van der Waals surface area (Å²) in [5, 5.41) is 4.75. The molecular formula is C15H18N6O2S. The van der Waals surface area contributed by atoms with Crippen LogP contribution in [0.15, 0.2) is 42.1 Å². The normalized spacial score (nSPS) is 19.8. The molecule has 0 spiro atoms. The van der Waals surface area contributed by atoms with Crippen molar-refractivity contribution in [2.75, 3.05) is 13.1 Å². The Bertz CT molecular complexity index is 934. The Labute approximate surface area is 139 Å². The van der Waals surface area contributed by atoms with Crippen LogP contribution in [0.1, 0.15) is 12.8 Å². The van der Waals surface area contributed by atoms with Crippen LogP contribution in [-0.2, 0) is 16.6 Å². The van der Waals surface area contributed by atoms with Gasteiger partial charge in [0.2, 0.25) is 10.0 Å². The average Bonchev–Trinajstić information content (AvgIpc) is 3.24. The van der Waals surface area contributed by atoms with Gasteiger partial charge in [0.15, 0.2) is 0 Å². The van der Waals surface area contributed by atoms with Gasteiger partial charge in [-0.15, -0.1) is 0 Å². The van der Waals surface area contributed by atoms with Gasteiger partial charge in [0.05, 0.1) is 0 Å². The van der Waals surface area contributed by atoms with Crippen LogP contribution < -0.4 is 0 Å². The van der Waals surface area contributed by atoms with Gasteiger partial charge in [0.1, 0.15) is 23.2 Å². The van der Waals surface area contributed by atoms with Crippen molar-refractivity contribution in [3.05, 3.63) is 37.2 Å². The van der Waals surface area contributed by atoms with Crippen molar-refractivity contribution in [2.24, 2.45) is 5.92 Å². The Morgan fingerprint density at radius 2 is 2.29 bits per heavy atom. The van der Waals surface area contributed by atoms with E-state index in [-0.39, 0.29) is 5.92 Å². The van der Waals surface area contributed by atoms with Gasteiger partial charge in [-0.3, -0.25) is 4.68 Å². The molecule has 0 amide bonds. The number of nitrogens with one attached hydrogen (secondary N) is 1. The summed E-state index contributed by atoms with van der Waals surface area (Å²) in [5.74, 6) is 0.235. The van der Waals surface area contributed by atoms with Gasteiger partial charge in [0, 0.05) is 37.4 Å². The van der Waals surface area contributed by atoms with Crippen LogP contribution in [0.4, 0.5) is 0 Å². The van der Waals surface area contributed by atoms with E-state index in [1.54, 1.807) is 33.6 Å². The zero-order chi connectivity index (χ0) is 16.6. The number of piperidine rings is 1. The molecule has 1 saturated heterocycles. The molecule has 1 fully saturated rings. The van der Waals surface area contributed by atoms with E-state index in [1.165, 1.54) is 12.5 Å². The maximum Gasteiger partial charge on any atom is 0.245 e. The second kappa shape index (κ2) is 5.99. The zero-order valence-corrected chi connectivity index (χ0v) is 13.9. The molecule has 1 atom stereocenters. The molecule has 1 aliphatic heterocycles. The van der Waals surface area contributed by atoms with E-state index in [1.807, 2.05) is 0 Å². The first kappa shape index (κ1) is 15.3. The Morgan fingerprint density at radius 1 is 1.38 bits per heavy atom. The van der Waals surface area contributed by atoms with E-state index in [2.05, 4.69) is 20.1 Å². The lowest BCUT2D eigenvalue weighted by Crippen LogP contribution is -2.41. The fourth-order valence-corrected chi connectivity index (χ4v) is 4.97. The van der Waals surface area contributed by atoms with Gasteiger partial charge in [-0.05, 0) is 30.9 Å². The standard InChI is InChI=1S/C15H18N6O2S/c22-24(23,14-7-18-15-13(14)4-1-5-17-15)21-6-2-3-12(9-21)8-20-11-16-10-19-20/h1,4-5,7,10-12H,2-3,6,8-9H2,(H,17,18)/t12-/m1/s1. The van der Waals surface area contributed by atoms with Gasteiger partial charge in [-0.2, -0.15) is 9.40 Å². The monoisotopic (exact) mass is 346 g/mol. The van der Waals surface area contributed by atoms with Crippen LogP contribution in [0.25, 0.3) is 11.0 Å². The smallest absolute Gasteiger partial charge is 0.245 e. The number of rotatable bonds is 4. The van der Waals surface area contributed by atoms with Crippen molar-refractivity contribution >= 4 is 21.1 Å². The summed E-state index contributed by atoms with van der Waals surface area (Å²) in [6, 6.07) is 3.53. The largest absolute Gasteiger partial charge is 0.345 e. The van der Waals surface area contributed by atoms with Gasteiger partial charge < -0.3 is 4.98 Å².